The van der Waals surface area contributed by atoms with Gasteiger partial charge in [0.25, 0.3) is 0 Å². The lowest BCUT2D eigenvalue weighted by molar-refractivity contribution is 0.0815. The van der Waals surface area contributed by atoms with Crippen molar-refractivity contribution in [1.82, 2.24) is 4.98 Å². The van der Waals surface area contributed by atoms with Crippen LogP contribution < -0.4 is 0 Å². The molecular weight excluding hydrogens is 218 g/mol. The monoisotopic (exact) mass is 235 g/mol. The standard InChI is InChI=1S/C13H17NOS/c1-3-13(2,15)9-16-12-8-10-6-4-5-7-11(10)14-12/h4-8,14-15H,3,9H2,1-2H3. The maximum atomic E-state index is 9.92. The van der Waals surface area contributed by atoms with Crippen molar-refractivity contribution < 1.29 is 5.11 Å². The summed E-state index contributed by atoms with van der Waals surface area (Å²) in [5, 5.41) is 12.3. The zero-order chi connectivity index (χ0) is 11.6. The zero-order valence-electron chi connectivity index (χ0n) is 9.66. The van der Waals surface area contributed by atoms with E-state index in [1.165, 1.54) is 5.39 Å². The molecule has 0 aliphatic carbocycles. The summed E-state index contributed by atoms with van der Waals surface area (Å²) in [4.78, 5) is 3.34. The third-order valence-corrected chi connectivity index (χ3v) is 4.10. The number of thioether (sulfide) groups is 1. The summed E-state index contributed by atoms with van der Waals surface area (Å²) in [6.45, 7) is 3.88. The molecule has 3 heteroatoms. The topological polar surface area (TPSA) is 36.0 Å². The van der Waals surface area contributed by atoms with Crippen LogP contribution in [0.2, 0.25) is 0 Å². The number of fused-ring (bicyclic) bond motifs is 1. The Morgan fingerprint density at radius 2 is 2.12 bits per heavy atom. The molecule has 0 aliphatic rings. The SMILES string of the molecule is CCC(C)(O)CSc1cc2ccccc2[nH]1. The van der Waals surface area contributed by atoms with Gasteiger partial charge in [-0.25, -0.2) is 0 Å². The minimum Gasteiger partial charge on any atom is -0.389 e. The summed E-state index contributed by atoms with van der Waals surface area (Å²) in [5.41, 5.74) is 0.572. The summed E-state index contributed by atoms with van der Waals surface area (Å²) in [5.74, 6) is 0.719. The molecule has 16 heavy (non-hydrogen) atoms. The van der Waals surface area contributed by atoms with Gasteiger partial charge in [0.2, 0.25) is 0 Å². The Morgan fingerprint density at radius 3 is 2.81 bits per heavy atom. The fraction of sp³-hybridized carbons (Fsp3) is 0.385. The van der Waals surface area contributed by atoms with Crippen LogP contribution in [-0.4, -0.2) is 21.4 Å². The first-order valence-electron chi connectivity index (χ1n) is 5.54. The van der Waals surface area contributed by atoms with Crippen LogP contribution in [0, 0.1) is 0 Å². The molecule has 2 nitrogen and oxygen atoms in total. The van der Waals surface area contributed by atoms with Crippen molar-refractivity contribution in [3.8, 4) is 0 Å². The minimum atomic E-state index is -0.581. The Bertz CT molecular complexity index is 442. The van der Waals surface area contributed by atoms with Gasteiger partial charge >= 0.3 is 0 Å². The van der Waals surface area contributed by atoms with Gasteiger partial charge in [-0.2, -0.15) is 0 Å². The van der Waals surface area contributed by atoms with Gasteiger partial charge in [-0.3, -0.25) is 0 Å². The average Bonchev–Trinajstić information content (AvgIpc) is 2.69. The highest BCUT2D eigenvalue weighted by atomic mass is 32.2. The lowest BCUT2D eigenvalue weighted by atomic mass is 10.1. The smallest absolute Gasteiger partial charge is 0.0733 e. The van der Waals surface area contributed by atoms with Crippen LogP contribution in [0.5, 0.6) is 0 Å². The third kappa shape index (κ3) is 2.60. The summed E-state index contributed by atoms with van der Waals surface area (Å²) < 4.78 is 0. The molecule has 0 spiro atoms. The molecule has 1 heterocycles. The Balaban J connectivity index is 2.10. The van der Waals surface area contributed by atoms with Crippen LogP contribution in [0.15, 0.2) is 35.4 Å². The number of aromatic amines is 1. The van der Waals surface area contributed by atoms with Crippen molar-refractivity contribution in [2.24, 2.45) is 0 Å². The molecule has 0 saturated heterocycles. The molecule has 0 saturated carbocycles. The lowest BCUT2D eigenvalue weighted by Gasteiger charge is -2.19. The largest absolute Gasteiger partial charge is 0.389 e. The first-order valence-corrected chi connectivity index (χ1v) is 6.52. The van der Waals surface area contributed by atoms with Gasteiger partial charge in [0.1, 0.15) is 0 Å². The second-order valence-electron chi connectivity index (χ2n) is 4.36. The van der Waals surface area contributed by atoms with Crippen LogP contribution in [0.1, 0.15) is 20.3 Å². The summed E-state index contributed by atoms with van der Waals surface area (Å²) in [6, 6.07) is 10.3. The second-order valence-corrected chi connectivity index (χ2v) is 5.38. The fourth-order valence-corrected chi connectivity index (χ4v) is 2.52. The first kappa shape index (κ1) is 11.6. The molecule has 86 valence electrons. The van der Waals surface area contributed by atoms with Crippen molar-refractivity contribution >= 4 is 22.7 Å². The Morgan fingerprint density at radius 1 is 1.38 bits per heavy atom. The highest BCUT2D eigenvalue weighted by Gasteiger charge is 2.17. The van der Waals surface area contributed by atoms with Crippen molar-refractivity contribution in [2.75, 3.05) is 5.75 Å². The first-order chi connectivity index (χ1) is 7.61. The number of benzene rings is 1. The molecule has 0 bridgehead atoms. The molecule has 2 rings (SSSR count). The van der Waals surface area contributed by atoms with Crippen LogP contribution >= 0.6 is 11.8 Å². The van der Waals surface area contributed by atoms with E-state index in [-0.39, 0.29) is 0 Å². The minimum absolute atomic E-state index is 0.581. The number of H-pyrrole nitrogens is 1. The summed E-state index contributed by atoms with van der Waals surface area (Å²) >= 11 is 1.67. The van der Waals surface area contributed by atoms with E-state index in [2.05, 4.69) is 23.2 Å². The van der Waals surface area contributed by atoms with E-state index in [1.54, 1.807) is 11.8 Å². The summed E-state index contributed by atoms with van der Waals surface area (Å²) in [6.07, 6.45) is 0.778. The van der Waals surface area contributed by atoms with Crippen molar-refractivity contribution in [3.05, 3.63) is 30.3 Å². The third-order valence-electron chi connectivity index (χ3n) is 2.81. The normalized spacial score (nSPS) is 15.2. The number of hydrogen-bond acceptors (Lipinski definition) is 2. The number of aromatic nitrogens is 1. The number of nitrogens with one attached hydrogen (secondary N) is 1. The van der Waals surface area contributed by atoms with E-state index in [4.69, 9.17) is 0 Å². The average molecular weight is 235 g/mol. The van der Waals surface area contributed by atoms with E-state index in [0.717, 1.165) is 22.7 Å². The van der Waals surface area contributed by atoms with Gasteiger partial charge < -0.3 is 10.1 Å². The van der Waals surface area contributed by atoms with Crippen LogP contribution in [0.4, 0.5) is 0 Å². The zero-order valence-corrected chi connectivity index (χ0v) is 10.5. The Labute approximate surface area is 100 Å². The molecule has 1 aromatic carbocycles. The highest BCUT2D eigenvalue weighted by Crippen LogP contribution is 2.26. The molecule has 0 aliphatic heterocycles. The summed E-state index contributed by atoms with van der Waals surface area (Å²) in [7, 11) is 0. The van der Waals surface area contributed by atoms with E-state index in [0.29, 0.717) is 0 Å². The Kier molecular flexibility index (Phi) is 3.26. The van der Waals surface area contributed by atoms with E-state index in [9.17, 15) is 5.11 Å². The predicted molar refractivity (Wildman–Crippen MR) is 69.9 cm³/mol. The van der Waals surface area contributed by atoms with Crippen molar-refractivity contribution in [1.29, 1.82) is 0 Å². The van der Waals surface area contributed by atoms with E-state index >= 15 is 0 Å². The van der Waals surface area contributed by atoms with E-state index in [1.807, 2.05) is 26.0 Å². The number of aliphatic hydroxyl groups is 1. The molecule has 0 radical (unpaired) electrons. The molecule has 2 aromatic rings. The quantitative estimate of drug-likeness (QED) is 0.797. The van der Waals surface area contributed by atoms with Crippen LogP contribution in [-0.2, 0) is 0 Å². The number of hydrogen-bond donors (Lipinski definition) is 2. The molecule has 1 aromatic heterocycles. The maximum Gasteiger partial charge on any atom is 0.0733 e. The predicted octanol–water partition coefficient (Wildman–Crippen LogP) is 3.42. The molecule has 0 fully saturated rings. The molecular formula is C13H17NOS. The van der Waals surface area contributed by atoms with Gasteiger partial charge in [0, 0.05) is 16.7 Å². The fourth-order valence-electron chi connectivity index (χ4n) is 1.46. The number of para-hydroxylation sites is 1. The lowest BCUT2D eigenvalue weighted by Crippen LogP contribution is -2.25. The van der Waals surface area contributed by atoms with Gasteiger partial charge in [-0.1, -0.05) is 25.1 Å². The van der Waals surface area contributed by atoms with Gasteiger partial charge in [0.15, 0.2) is 0 Å². The van der Waals surface area contributed by atoms with Crippen molar-refractivity contribution in [3.63, 3.8) is 0 Å². The van der Waals surface area contributed by atoms with Crippen LogP contribution in [0.25, 0.3) is 10.9 Å². The number of rotatable bonds is 4. The molecule has 2 N–H and O–H groups in total. The molecule has 1 unspecified atom stereocenters. The van der Waals surface area contributed by atoms with Crippen molar-refractivity contribution in [2.45, 2.75) is 30.9 Å². The molecule has 1 atom stereocenters. The Hall–Kier alpha value is -0.930. The van der Waals surface area contributed by atoms with Crippen LogP contribution in [0.3, 0.4) is 0 Å². The van der Waals surface area contributed by atoms with Gasteiger partial charge in [-0.05, 0) is 25.5 Å². The highest BCUT2D eigenvalue weighted by molar-refractivity contribution is 7.99. The second kappa shape index (κ2) is 4.52. The van der Waals surface area contributed by atoms with Gasteiger partial charge in [0.05, 0.1) is 10.6 Å². The molecule has 0 amide bonds. The maximum absolute atomic E-state index is 9.92. The van der Waals surface area contributed by atoms with Gasteiger partial charge in [-0.15, -0.1) is 11.8 Å². The van der Waals surface area contributed by atoms with E-state index < -0.39 is 5.60 Å².